The van der Waals surface area contributed by atoms with E-state index in [1.54, 1.807) is 0 Å². The third-order valence-corrected chi connectivity index (χ3v) is 2.49. The second kappa shape index (κ2) is 4.37. The van der Waals surface area contributed by atoms with E-state index in [1.165, 1.54) is 18.2 Å². The lowest BCUT2D eigenvalue weighted by Gasteiger charge is -2.07. The van der Waals surface area contributed by atoms with E-state index in [-0.39, 0.29) is 11.1 Å². The fourth-order valence-electron chi connectivity index (χ4n) is 1.54. The predicted molar refractivity (Wildman–Crippen MR) is 61.3 cm³/mol. The van der Waals surface area contributed by atoms with Crippen molar-refractivity contribution >= 4 is 5.78 Å². The molecule has 92 valence electrons. The molecule has 0 spiro atoms. The van der Waals surface area contributed by atoms with Crippen LogP contribution in [0.2, 0.25) is 0 Å². The average Bonchev–Trinajstić information content (AvgIpc) is 2.36. The number of ketones is 1. The van der Waals surface area contributed by atoms with Gasteiger partial charge in [-0.15, -0.1) is 0 Å². The number of rotatable bonds is 2. The molecule has 3 N–H and O–H groups in total. The third kappa shape index (κ3) is 1.86. The highest BCUT2D eigenvalue weighted by Crippen LogP contribution is 2.37. The van der Waals surface area contributed by atoms with Gasteiger partial charge in [-0.2, -0.15) is 0 Å². The summed E-state index contributed by atoms with van der Waals surface area (Å²) in [6.07, 6.45) is 0. The minimum absolute atomic E-state index is 0.224. The maximum absolute atomic E-state index is 13.4. The topological polar surface area (TPSA) is 77.8 Å². The van der Waals surface area contributed by atoms with Crippen LogP contribution in [0.15, 0.2) is 36.4 Å². The van der Waals surface area contributed by atoms with Gasteiger partial charge in [0.25, 0.3) is 0 Å². The summed E-state index contributed by atoms with van der Waals surface area (Å²) in [5.74, 6) is -3.65. The lowest BCUT2D eigenvalue weighted by Crippen LogP contribution is -2.04. The molecule has 2 aromatic rings. The molecular weight excluding hydrogens is 239 g/mol. The van der Waals surface area contributed by atoms with Crippen molar-refractivity contribution in [3.8, 4) is 17.2 Å². The first-order valence-corrected chi connectivity index (χ1v) is 5.05. The van der Waals surface area contributed by atoms with Gasteiger partial charge in [0.2, 0.25) is 5.75 Å². The molecule has 0 fully saturated rings. The van der Waals surface area contributed by atoms with E-state index in [0.717, 1.165) is 18.2 Å². The fraction of sp³-hybridized carbons (Fsp3) is 0. The highest BCUT2D eigenvalue weighted by molar-refractivity contribution is 6.11. The van der Waals surface area contributed by atoms with Gasteiger partial charge in [0.05, 0.1) is 11.1 Å². The average molecular weight is 248 g/mol. The number of hydrogen-bond donors (Lipinski definition) is 3. The Hall–Kier alpha value is -2.56. The first-order chi connectivity index (χ1) is 8.52. The summed E-state index contributed by atoms with van der Waals surface area (Å²) in [5, 5.41) is 28.0. The maximum Gasteiger partial charge on any atom is 0.201 e. The Bertz CT molecular complexity index is 622. The highest BCUT2D eigenvalue weighted by atomic mass is 19.1. The zero-order chi connectivity index (χ0) is 13.3. The van der Waals surface area contributed by atoms with Crippen molar-refractivity contribution in [3.05, 3.63) is 53.3 Å². The highest BCUT2D eigenvalue weighted by Gasteiger charge is 2.20. The summed E-state index contributed by atoms with van der Waals surface area (Å²) in [6.45, 7) is 0. The van der Waals surface area contributed by atoms with Gasteiger partial charge in [-0.3, -0.25) is 4.79 Å². The summed E-state index contributed by atoms with van der Waals surface area (Å²) in [5.41, 5.74) is -0.506. The summed E-state index contributed by atoms with van der Waals surface area (Å²) < 4.78 is 13.4. The van der Waals surface area contributed by atoms with E-state index >= 15 is 0 Å². The van der Waals surface area contributed by atoms with Crippen molar-refractivity contribution in [2.75, 3.05) is 0 Å². The Morgan fingerprint density at radius 2 is 1.56 bits per heavy atom. The van der Waals surface area contributed by atoms with E-state index in [2.05, 4.69) is 0 Å². The number of hydrogen-bond acceptors (Lipinski definition) is 4. The van der Waals surface area contributed by atoms with E-state index in [1.807, 2.05) is 0 Å². The smallest absolute Gasteiger partial charge is 0.201 e. The Morgan fingerprint density at radius 1 is 0.889 bits per heavy atom. The molecule has 0 aromatic heterocycles. The minimum Gasteiger partial charge on any atom is -0.504 e. The number of phenolic OH excluding ortho intramolecular Hbond substituents is 3. The molecule has 0 aliphatic rings. The van der Waals surface area contributed by atoms with Crippen molar-refractivity contribution in [1.82, 2.24) is 0 Å². The van der Waals surface area contributed by atoms with Gasteiger partial charge in [0.1, 0.15) is 5.82 Å². The van der Waals surface area contributed by atoms with E-state index in [9.17, 15) is 19.4 Å². The molecule has 5 heteroatoms. The molecule has 0 aliphatic carbocycles. The van der Waals surface area contributed by atoms with Gasteiger partial charge in [-0.1, -0.05) is 12.1 Å². The summed E-state index contributed by atoms with van der Waals surface area (Å²) in [4.78, 5) is 12.0. The number of carbonyl (C=O) groups is 1. The van der Waals surface area contributed by atoms with Crippen LogP contribution in [0.3, 0.4) is 0 Å². The van der Waals surface area contributed by atoms with Gasteiger partial charge in [-0.05, 0) is 24.3 Å². The summed E-state index contributed by atoms with van der Waals surface area (Å²) >= 11 is 0. The van der Waals surface area contributed by atoms with Crippen molar-refractivity contribution in [2.45, 2.75) is 0 Å². The number of halogens is 1. The quantitative estimate of drug-likeness (QED) is 0.562. The molecule has 0 atom stereocenters. The molecule has 0 saturated carbocycles. The molecule has 0 heterocycles. The first kappa shape index (κ1) is 11.9. The second-order valence-corrected chi connectivity index (χ2v) is 3.64. The molecule has 0 radical (unpaired) electrons. The van der Waals surface area contributed by atoms with Gasteiger partial charge in [-0.25, -0.2) is 4.39 Å². The summed E-state index contributed by atoms with van der Waals surface area (Å²) in [6, 6.07) is 7.45. The largest absolute Gasteiger partial charge is 0.504 e. The fourth-order valence-corrected chi connectivity index (χ4v) is 1.54. The maximum atomic E-state index is 13.4. The van der Waals surface area contributed by atoms with Crippen LogP contribution in [0.4, 0.5) is 4.39 Å². The van der Waals surface area contributed by atoms with Crippen molar-refractivity contribution in [2.24, 2.45) is 0 Å². The molecule has 18 heavy (non-hydrogen) atoms. The van der Waals surface area contributed by atoms with Gasteiger partial charge < -0.3 is 15.3 Å². The van der Waals surface area contributed by atoms with E-state index < -0.39 is 28.8 Å². The number of aromatic hydroxyl groups is 3. The van der Waals surface area contributed by atoms with Gasteiger partial charge >= 0.3 is 0 Å². The van der Waals surface area contributed by atoms with E-state index in [0.29, 0.717) is 0 Å². The SMILES string of the molecule is O=C(c1ccccc1F)c1ccc(O)c(O)c1O. The minimum atomic E-state index is -0.808. The second-order valence-electron chi connectivity index (χ2n) is 3.64. The lowest BCUT2D eigenvalue weighted by atomic mass is 10.0. The van der Waals surface area contributed by atoms with Crippen LogP contribution >= 0.6 is 0 Å². The molecule has 0 saturated heterocycles. The Labute approximate surface area is 102 Å². The zero-order valence-electron chi connectivity index (χ0n) is 9.09. The Morgan fingerprint density at radius 3 is 2.22 bits per heavy atom. The first-order valence-electron chi connectivity index (χ1n) is 5.05. The molecule has 2 aromatic carbocycles. The lowest BCUT2D eigenvalue weighted by molar-refractivity contribution is 0.103. The van der Waals surface area contributed by atoms with Crippen LogP contribution in [-0.4, -0.2) is 21.1 Å². The monoisotopic (exact) mass is 248 g/mol. The van der Waals surface area contributed by atoms with Crippen LogP contribution in [0.1, 0.15) is 15.9 Å². The van der Waals surface area contributed by atoms with Crippen LogP contribution in [0.25, 0.3) is 0 Å². The number of benzene rings is 2. The normalized spacial score (nSPS) is 10.3. The Kier molecular flexibility index (Phi) is 2.89. The van der Waals surface area contributed by atoms with Gasteiger partial charge in [0.15, 0.2) is 17.3 Å². The van der Waals surface area contributed by atoms with Crippen LogP contribution < -0.4 is 0 Å². The molecule has 0 unspecified atom stereocenters. The van der Waals surface area contributed by atoms with E-state index in [4.69, 9.17) is 5.11 Å². The van der Waals surface area contributed by atoms with Crippen LogP contribution in [0.5, 0.6) is 17.2 Å². The molecule has 4 nitrogen and oxygen atoms in total. The standard InChI is InChI=1S/C13H9FO4/c14-9-4-2-1-3-7(9)11(16)8-5-6-10(15)13(18)12(8)17/h1-6,15,17-18H. The third-order valence-electron chi connectivity index (χ3n) is 2.49. The van der Waals surface area contributed by atoms with Crippen molar-refractivity contribution in [1.29, 1.82) is 0 Å². The zero-order valence-corrected chi connectivity index (χ0v) is 9.09. The molecule has 0 bridgehead atoms. The molecule has 2 rings (SSSR count). The predicted octanol–water partition coefficient (Wildman–Crippen LogP) is 2.17. The number of phenols is 3. The van der Waals surface area contributed by atoms with Crippen molar-refractivity contribution < 1.29 is 24.5 Å². The Balaban J connectivity index is 2.54. The van der Waals surface area contributed by atoms with Crippen molar-refractivity contribution in [3.63, 3.8) is 0 Å². The van der Waals surface area contributed by atoms with Crippen LogP contribution in [0, 0.1) is 5.82 Å². The van der Waals surface area contributed by atoms with Crippen LogP contribution in [-0.2, 0) is 0 Å². The summed E-state index contributed by atoms with van der Waals surface area (Å²) in [7, 11) is 0. The molecule has 0 amide bonds. The molecule has 0 aliphatic heterocycles. The van der Waals surface area contributed by atoms with Gasteiger partial charge in [0, 0.05) is 0 Å². The number of carbonyl (C=O) groups excluding carboxylic acids is 1. The molecular formula is C13H9FO4.